The minimum Gasteiger partial charge on any atom is -0.502 e. The average molecular weight is 473 g/mol. The lowest BCUT2D eigenvalue weighted by Gasteiger charge is -2.54. The second-order valence-electron chi connectivity index (χ2n) is 8.85. The standard InChI is InChI=1S/C24H22F3N3O4/c1-24(8-4-3-5-18(24)27)22-13-11-14(25)15(26)12-17(13)34-10-7-19-28(2)23(33)20-21(32)16(31)6-9-29(20)30(19)22/h3-6,8-9,11-12,18-19,22,32H,7,10H2,1-2H3/t18?,19-,22-,24?/m0/s1. The molecule has 0 saturated carbocycles. The van der Waals surface area contributed by atoms with Gasteiger partial charge in [-0.05, 0) is 12.1 Å². The molecule has 0 bridgehead atoms. The Hall–Kier alpha value is -3.69. The Morgan fingerprint density at radius 2 is 1.91 bits per heavy atom. The van der Waals surface area contributed by atoms with Crippen LogP contribution in [0.5, 0.6) is 11.5 Å². The van der Waals surface area contributed by atoms with E-state index in [1.54, 1.807) is 30.2 Å². The lowest BCUT2D eigenvalue weighted by atomic mass is 9.72. The fourth-order valence-corrected chi connectivity index (χ4v) is 5.04. The topological polar surface area (TPSA) is 75.0 Å². The molecule has 34 heavy (non-hydrogen) atoms. The first-order chi connectivity index (χ1) is 16.1. The second kappa shape index (κ2) is 7.68. The van der Waals surface area contributed by atoms with Gasteiger partial charge in [0.15, 0.2) is 23.1 Å². The number of hydrogen-bond acceptors (Lipinski definition) is 5. The summed E-state index contributed by atoms with van der Waals surface area (Å²) >= 11 is 0. The van der Waals surface area contributed by atoms with Gasteiger partial charge in [-0.1, -0.05) is 25.2 Å². The highest BCUT2D eigenvalue weighted by molar-refractivity contribution is 5.96. The van der Waals surface area contributed by atoms with Gasteiger partial charge in [-0.2, -0.15) is 0 Å². The minimum absolute atomic E-state index is 0.0464. The van der Waals surface area contributed by atoms with E-state index in [1.807, 2.05) is 0 Å². The van der Waals surface area contributed by atoms with Crippen molar-refractivity contribution in [1.82, 2.24) is 9.58 Å². The van der Waals surface area contributed by atoms with Gasteiger partial charge in [-0.25, -0.2) is 13.2 Å². The first-order valence-electron chi connectivity index (χ1n) is 10.8. The van der Waals surface area contributed by atoms with E-state index in [0.717, 1.165) is 18.2 Å². The number of fused-ring (bicyclic) bond motifs is 4. The van der Waals surface area contributed by atoms with Crippen LogP contribution in [-0.4, -0.2) is 46.6 Å². The molecular formula is C24H22F3N3O4. The lowest BCUT2D eigenvalue weighted by molar-refractivity contribution is 0.0465. The number of nitrogens with zero attached hydrogens (tertiary/aromatic N) is 3. The van der Waals surface area contributed by atoms with Crippen molar-refractivity contribution in [2.75, 3.05) is 18.7 Å². The third-order valence-electron chi connectivity index (χ3n) is 6.85. The molecule has 2 aliphatic heterocycles. The molecule has 1 amide bonds. The van der Waals surface area contributed by atoms with Crippen LogP contribution in [-0.2, 0) is 0 Å². The summed E-state index contributed by atoms with van der Waals surface area (Å²) in [6.45, 7) is 1.68. The highest BCUT2D eigenvalue weighted by Crippen LogP contribution is 2.50. The second-order valence-corrected chi connectivity index (χ2v) is 8.85. The zero-order valence-corrected chi connectivity index (χ0v) is 18.4. The molecule has 5 rings (SSSR count). The van der Waals surface area contributed by atoms with Crippen molar-refractivity contribution in [3.8, 4) is 11.5 Å². The number of benzene rings is 1. The molecule has 7 nitrogen and oxygen atoms in total. The number of allylic oxidation sites excluding steroid dienone is 3. The van der Waals surface area contributed by atoms with Crippen LogP contribution in [0.15, 0.2) is 53.5 Å². The van der Waals surface area contributed by atoms with Crippen LogP contribution in [0.1, 0.15) is 35.4 Å². The van der Waals surface area contributed by atoms with E-state index in [4.69, 9.17) is 4.74 Å². The molecule has 1 aromatic carbocycles. The normalized spacial score (nSPS) is 27.9. The van der Waals surface area contributed by atoms with E-state index in [0.29, 0.717) is 0 Å². The molecule has 0 fully saturated rings. The van der Waals surface area contributed by atoms with E-state index in [9.17, 15) is 23.5 Å². The maximum atomic E-state index is 15.6. The highest BCUT2D eigenvalue weighted by atomic mass is 19.2. The Morgan fingerprint density at radius 3 is 2.65 bits per heavy atom. The summed E-state index contributed by atoms with van der Waals surface area (Å²) in [7, 11) is 1.50. The Bertz CT molecular complexity index is 1310. The molecule has 1 N–H and O–H groups in total. The fourth-order valence-electron chi connectivity index (χ4n) is 5.04. The number of pyridine rings is 1. The molecule has 2 unspecified atom stereocenters. The predicted octanol–water partition coefficient (Wildman–Crippen LogP) is 3.18. The Balaban J connectivity index is 1.86. The first-order valence-corrected chi connectivity index (χ1v) is 10.8. The monoisotopic (exact) mass is 473 g/mol. The van der Waals surface area contributed by atoms with Crippen molar-refractivity contribution < 1.29 is 27.8 Å². The van der Waals surface area contributed by atoms with Gasteiger partial charge in [0.25, 0.3) is 5.91 Å². The molecule has 0 radical (unpaired) electrons. The van der Waals surface area contributed by atoms with Gasteiger partial charge in [0.2, 0.25) is 5.43 Å². The van der Waals surface area contributed by atoms with Crippen molar-refractivity contribution in [3.63, 3.8) is 0 Å². The molecule has 3 heterocycles. The molecule has 178 valence electrons. The fraction of sp³-hybridized carbons (Fsp3) is 0.333. The number of carbonyl (C=O) groups is 1. The predicted molar refractivity (Wildman–Crippen MR) is 117 cm³/mol. The number of carbonyl (C=O) groups excluding carboxylic acids is 1. The Kier molecular flexibility index (Phi) is 5.00. The number of aromatic nitrogens is 1. The number of rotatable bonds is 1. The Morgan fingerprint density at radius 1 is 1.18 bits per heavy atom. The number of ether oxygens (including phenoxy) is 1. The zero-order chi connectivity index (χ0) is 24.4. The number of halogens is 3. The molecule has 3 aliphatic rings. The molecule has 0 saturated heterocycles. The summed E-state index contributed by atoms with van der Waals surface area (Å²) in [5.41, 5.74) is -2.21. The zero-order valence-electron chi connectivity index (χ0n) is 18.4. The summed E-state index contributed by atoms with van der Waals surface area (Å²) in [6, 6.07) is 1.97. The van der Waals surface area contributed by atoms with Gasteiger partial charge in [-0.3, -0.25) is 19.3 Å². The lowest BCUT2D eigenvalue weighted by Crippen LogP contribution is -2.64. The summed E-state index contributed by atoms with van der Waals surface area (Å²) < 4.78 is 51.4. The van der Waals surface area contributed by atoms with Gasteiger partial charge in [0, 0.05) is 42.8 Å². The summed E-state index contributed by atoms with van der Waals surface area (Å²) in [5.74, 6) is -3.56. The van der Waals surface area contributed by atoms with Crippen molar-refractivity contribution in [1.29, 1.82) is 0 Å². The molecule has 1 aromatic heterocycles. The quantitative estimate of drug-likeness (QED) is 0.689. The van der Waals surface area contributed by atoms with Crippen LogP contribution >= 0.6 is 0 Å². The maximum Gasteiger partial charge on any atom is 0.277 e. The van der Waals surface area contributed by atoms with Crippen molar-refractivity contribution in [3.05, 3.63) is 81.8 Å². The van der Waals surface area contributed by atoms with Crippen LogP contribution in [0.3, 0.4) is 0 Å². The minimum atomic E-state index is -1.54. The smallest absolute Gasteiger partial charge is 0.277 e. The van der Waals surface area contributed by atoms with Gasteiger partial charge in [0.1, 0.15) is 18.1 Å². The molecule has 10 heteroatoms. The van der Waals surface area contributed by atoms with E-state index in [-0.39, 0.29) is 30.0 Å². The number of alkyl halides is 1. The van der Waals surface area contributed by atoms with Crippen LogP contribution in [0.25, 0.3) is 0 Å². The third kappa shape index (κ3) is 3.04. The van der Waals surface area contributed by atoms with Gasteiger partial charge in [0.05, 0.1) is 12.6 Å². The van der Waals surface area contributed by atoms with Crippen LogP contribution in [0.4, 0.5) is 13.2 Å². The largest absolute Gasteiger partial charge is 0.502 e. The van der Waals surface area contributed by atoms with Crippen molar-refractivity contribution in [2.24, 2.45) is 5.41 Å². The summed E-state index contributed by atoms with van der Waals surface area (Å²) in [5, 5.41) is 12.1. The number of aromatic hydroxyl groups is 1. The SMILES string of the molecule is CN1C(=O)c2c(O)c(=O)ccn2N2[C@H](C3(C)C=CC=CC3F)c3cc(F)c(F)cc3OCC[C@@H]12. The maximum absolute atomic E-state index is 15.6. The summed E-state index contributed by atoms with van der Waals surface area (Å²) in [6.07, 6.45) is 5.50. The van der Waals surface area contributed by atoms with Gasteiger partial charge in [-0.15, -0.1) is 0 Å². The van der Waals surface area contributed by atoms with E-state index in [1.165, 1.54) is 28.9 Å². The highest BCUT2D eigenvalue weighted by Gasteiger charge is 2.51. The Labute approximate surface area is 192 Å². The molecule has 2 aromatic rings. The van der Waals surface area contributed by atoms with Crippen LogP contribution in [0.2, 0.25) is 0 Å². The van der Waals surface area contributed by atoms with E-state index in [2.05, 4.69) is 0 Å². The first kappa shape index (κ1) is 22.1. The molecular weight excluding hydrogens is 451 g/mol. The molecule has 0 spiro atoms. The van der Waals surface area contributed by atoms with Crippen molar-refractivity contribution >= 4 is 5.91 Å². The van der Waals surface area contributed by atoms with Crippen LogP contribution in [0, 0.1) is 17.0 Å². The number of amides is 1. The van der Waals surface area contributed by atoms with Crippen LogP contribution < -0.4 is 15.2 Å². The summed E-state index contributed by atoms with van der Waals surface area (Å²) in [4.78, 5) is 26.6. The third-order valence-corrected chi connectivity index (χ3v) is 6.85. The van der Waals surface area contributed by atoms with E-state index < -0.39 is 52.5 Å². The average Bonchev–Trinajstić information content (AvgIpc) is 2.79. The van der Waals surface area contributed by atoms with E-state index >= 15 is 4.39 Å². The molecule has 4 atom stereocenters. The number of hydrogen-bond donors (Lipinski definition) is 1. The van der Waals surface area contributed by atoms with Crippen molar-refractivity contribution in [2.45, 2.75) is 31.7 Å². The van der Waals surface area contributed by atoms with Gasteiger partial charge < -0.3 is 14.7 Å². The molecule has 1 aliphatic carbocycles. The van der Waals surface area contributed by atoms with Gasteiger partial charge >= 0.3 is 0 Å².